The van der Waals surface area contributed by atoms with Crippen LogP contribution in [-0.2, 0) is 25.6 Å². The van der Waals surface area contributed by atoms with Gasteiger partial charge < -0.3 is 28.8 Å². The fourth-order valence-electron chi connectivity index (χ4n) is 3.67. The van der Waals surface area contributed by atoms with E-state index in [2.05, 4.69) is 32.6 Å². The van der Waals surface area contributed by atoms with Gasteiger partial charge in [-0.3, -0.25) is 0 Å². The van der Waals surface area contributed by atoms with Crippen LogP contribution in [0.4, 0.5) is 0 Å². The number of hydrogen-bond donors (Lipinski definition) is 1. The lowest BCUT2D eigenvalue weighted by molar-refractivity contribution is -0.171. The fraction of sp³-hybridized carbons (Fsp3) is 0.704. The zero-order valence-electron chi connectivity index (χ0n) is 20.8. The van der Waals surface area contributed by atoms with Gasteiger partial charge in [-0.05, 0) is 43.4 Å². The first kappa shape index (κ1) is 27.6. The molecule has 0 radical (unpaired) electrons. The molecule has 0 aromatic heterocycles. The average Bonchev–Trinajstić information content (AvgIpc) is 3.27. The van der Waals surface area contributed by atoms with E-state index in [9.17, 15) is 5.11 Å². The smallest absolute Gasteiger partial charge is 0.168 e. The Hall–Kier alpha value is -1.62. The van der Waals surface area contributed by atoms with Crippen LogP contribution in [0.3, 0.4) is 0 Å². The Morgan fingerprint density at radius 2 is 1.88 bits per heavy atom. The number of rotatable bonds is 15. The summed E-state index contributed by atoms with van der Waals surface area (Å²) in [6, 6.07) is 7.77. The number of unbranched alkanes of at least 4 members (excludes halogenated alkanes) is 1. The molecule has 6 heteroatoms. The molecule has 2 rings (SSSR count). The third-order valence-electron chi connectivity index (χ3n) is 6.00. The summed E-state index contributed by atoms with van der Waals surface area (Å²) in [5.74, 6) is 6.50. The van der Waals surface area contributed by atoms with Gasteiger partial charge in [0.2, 0.25) is 0 Å². The zero-order valence-corrected chi connectivity index (χ0v) is 20.8. The first-order valence-corrected chi connectivity index (χ1v) is 12.3. The van der Waals surface area contributed by atoms with E-state index in [4.69, 9.17) is 23.7 Å². The van der Waals surface area contributed by atoms with E-state index in [1.807, 2.05) is 24.3 Å². The molecule has 1 aromatic carbocycles. The van der Waals surface area contributed by atoms with Gasteiger partial charge in [0.25, 0.3) is 0 Å². The van der Waals surface area contributed by atoms with Gasteiger partial charge in [0.05, 0.1) is 45.1 Å². The van der Waals surface area contributed by atoms with E-state index in [1.54, 1.807) is 7.11 Å². The molecule has 3 atom stereocenters. The van der Waals surface area contributed by atoms with Crippen molar-refractivity contribution in [1.82, 2.24) is 0 Å². The number of aliphatic hydroxyl groups excluding tert-OH is 1. The monoisotopic (exact) mass is 462 g/mol. The summed E-state index contributed by atoms with van der Waals surface area (Å²) in [6.45, 7) is 8.90. The molecule has 1 heterocycles. The zero-order chi connectivity index (χ0) is 23.9. The minimum atomic E-state index is -0.610. The molecule has 0 spiro atoms. The van der Waals surface area contributed by atoms with Gasteiger partial charge >= 0.3 is 0 Å². The molecule has 1 aliphatic rings. The Kier molecular flexibility index (Phi) is 12.8. The minimum Gasteiger partial charge on any atom is -0.497 e. The quantitative estimate of drug-likeness (QED) is 0.301. The lowest BCUT2D eigenvalue weighted by Crippen LogP contribution is -2.28. The Bertz CT molecular complexity index is 704. The lowest BCUT2D eigenvalue weighted by Gasteiger charge is -2.24. The van der Waals surface area contributed by atoms with Crippen molar-refractivity contribution in [3.05, 3.63) is 29.8 Å². The molecule has 0 saturated carbocycles. The minimum absolute atomic E-state index is 0.0345. The molecule has 0 unspecified atom stereocenters. The highest BCUT2D eigenvalue weighted by molar-refractivity contribution is 5.26. The van der Waals surface area contributed by atoms with E-state index in [-0.39, 0.29) is 12.0 Å². The second-order valence-electron chi connectivity index (χ2n) is 8.49. The van der Waals surface area contributed by atoms with Crippen molar-refractivity contribution in [1.29, 1.82) is 0 Å². The highest BCUT2D eigenvalue weighted by atomic mass is 16.7. The van der Waals surface area contributed by atoms with Gasteiger partial charge in [-0.25, -0.2) is 0 Å². The van der Waals surface area contributed by atoms with Crippen LogP contribution in [0.2, 0.25) is 0 Å². The van der Waals surface area contributed by atoms with E-state index in [1.165, 1.54) is 0 Å². The third kappa shape index (κ3) is 9.64. The van der Waals surface area contributed by atoms with E-state index in [0.717, 1.165) is 43.6 Å². The lowest BCUT2D eigenvalue weighted by atomic mass is 10.0. The highest BCUT2D eigenvalue weighted by Gasteiger charge is 2.37. The third-order valence-corrected chi connectivity index (χ3v) is 6.00. The molecule has 1 N–H and O–H groups in total. The van der Waals surface area contributed by atoms with Crippen molar-refractivity contribution >= 4 is 0 Å². The van der Waals surface area contributed by atoms with Crippen molar-refractivity contribution in [2.24, 2.45) is 5.92 Å². The number of benzene rings is 1. The van der Waals surface area contributed by atoms with Crippen LogP contribution in [0, 0.1) is 17.8 Å². The van der Waals surface area contributed by atoms with Gasteiger partial charge in [0, 0.05) is 19.6 Å². The molecule has 6 nitrogen and oxygen atoms in total. The maximum absolute atomic E-state index is 10.7. The molecule has 0 bridgehead atoms. The van der Waals surface area contributed by atoms with Gasteiger partial charge in [-0.15, -0.1) is 5.92 Å². The SMILES string of the molecule is CCCCOCC[C@H](O)[C@@H](C#CC[C@H]1COC(CC)(CC)O1)COCc1ccc(OC)cc1. The topological polar surface area (TPSA) is 66.4 Å². The molecule has 1 saturated heterocycles. The first-order valence-electron chi connectivity index (χ1n) is 12.3. The van der Waals surface area contributed by atoms with E-state index in [0.29, 0.717) is 39.3 Å². The number of ether oxygens (including phenoxy) is 5. The van der Waals surface area contributed by atoms with E-state index < -0.39 is 11.9 Å². The summed E-state index contributed by atoms with van der Waals surface area (Å²) in [5.41, 5.74) is 1.05. The van der Waals surface area contributed by atoms with Gasteiger partial charge in [-0.1, -0.05) is 45.2 Å². The molecule has 33 heavy (non-hydrogen) atoms. The van der Waals surface area contributed by atoms with Crippen LogP contribution >= 0.6 is 0 Å². The van der Waals surface area contributed by atoms with E-state index >= 15 is 0 Å². The maximum atomic E-state index is 10.7. The summed E-state index contributed by atoms with van der Waals surface area (Å²) >= 11 is 0. The highest BCUT2D eigenvalue weighted by Crippen LogP contribution is 2.31. The standard InChI is InChI=1S/C27H42O6/c1-5-8-17-30-18-16-26(28)23(20-31-19-22-12-14-24(29-4)15-13-22)10-9-11-25-21-32-27(6-2,7-3)33-25/h12-15,23,25-26,28H,5-8,11,16-21H2,1-4H3/t23-,25-,26-/m0/s1. The summed E-state index contributed by atoms with van der Waals surface area (Å²) < 4.78 is 28.7. The Morgan fingerprint density at radius 1 is 1.12 bits per heavy atom. The first-order chi connectivity index (χ1) is 16.1. The number of hydrogen-bond acceptors (Lipinski definition) is 6. The molecule has 1 fully saturated rings. The number of aliphatic hydroxyl groups is 1. The second-order valence-corrected chi connectivity index (χ2v) is 8.49. The maximum Gasteiger partial charge on any atom is 0.168 e. The molecule has 0 aliphatic carbocycles. The predicted molar refractivity (Wildman–Crippen MR) is 129 cm³/mol. The molecular formula is C27H42O6. The van der Waals surface area contributed by atoms with Crippen LogP contribution in [0.15, 0.2) is 24.3 Å². The summed E-state index contributed by atoms with van der Waals surface area (Å²) in [7, 11) is 1.65. The van der Waals surface area contributed by atoms with Gasteiger partial charge in [0.1, 0.15) is 5.75 Å². The second kappa shape index (κ2) is 15.3. The largest absolute Gasteiger partial charge is 0.497 e. The van der Waals surface area contributed by atoms with Crippen molar-refractivity contribution in [3.8, 4) is 17.6 Å². The van der Waals surface area contributed by atoms with Crippen LogP contribution < -0.4 is 4.74 Å². The van der Waals surface area contributed by atoms with Crippen LogP contribution in [-0.4, -0.2) is 56.6 Å². The molecule has 1 aliphatic heterocycles. The molecular weight excluding hydrogens is 420 g/mol. The van der Waals surface area contributed by atoms with Gasteiger partial charge in [-0.2, -0.15) is 0 Å². The van der Waals surface area contributed by atoms with Crippen molar-refractivity contribution in [3.63, 3.8) is 0 Å². The molecule has 186 valence electrons. The van der Waals surface area contributed by atoms with Gasteiger partial charge in [0.15, 0.2) is 5.79 Å². The summed E-state index contributed by atoms with van der Waals surface area (Å²) in [4.78, 5) is 0. The summed E-state index contributed by atoms with van der Waals surface area (Å²) in [6.07, 6.45) is 4.25. The van der Waals surface area contributed by atoms with Crippen LogP contribution in [0.25, 0.3) is 0 Å². The number of methoxy groups -OCH3 is 1. The van der Waals surface area contributed by atoms with Crippen molar-refractivity contribution in [2.45, 2.75) is 83.9 Å². The average molecular weight is 463 g/mol. The predicted octanol–water partition coefficient (Wildman–Crippen LogP) is 4.72. The van der Waals surface area contributed by atoms with Crippen molar-refractivity contribution in [2.75, 3.05) is 33.5 Å². The normalized spacial score (nSPS) is 19.0. The van der Waals surface area contributed by atoms with Crippen LogP contribution in [0.1, 0.15) is 64.9 Å². The summed E-state index contributed by atoms with van der Waals surface area (Å²) in [5, 5.41) is 10.7. The Labute approximate surface area is 199 Å². The Morgan fingerprint density at radius 3 is 2.52 bits per heavy atom. The molecule has 0 amide bonds. The Balaban J connectivity index is 1.88. The fourth-order valence-corrected chi connectivity index (χ4v) is 3.67. The van der Waals surface area contributed by atoms with Crippen molar-refractivity contribution < 1.29 is 28.8 Å². The van der Waals surface area contributed by atoms with Crippen LogP contribution in [0.5, 0.6) is 5.75 Å². The molecule has 1 aromatic rings.